The second-order valence-corrected chi connectivity index (χ2v) is 7.61. The first-order valence-corrected chi connectivity index (χ1v) is 9.88. The van der Waals surface area contributed by atoms with Crippen LogP contribution in [0, 0.1) is 0 Å². The first kappa shape index (κ1) is 19.1. The van der Waals surface area contributed by atoms with E-state index in [2.05, 4.69) is 5.16 Å². The molecule has 2 heterocycles. The summed E-state index contributed by atoms with van der Waals surface area (Å²) in [7, 11) is 3.13. The molecule has 0 saturated carbocycles. The standard InChI is InChI=1S/C24H20N2O5/c1-29-18-9-10-21(30-2)19(12-18)20-13-24(31-25-20)14-22(27)26(23(24)28)17-8-7-15-5-3-4-6-16(15)11-17/h3-12H,13-14H2,1-2H3/t24-/m0/s1. The van der Waals surface area contributed by atoms with Gasteiger partial charge in [0.15, 0.2) is 0 Å². The Morgan fingerprint density at radius 1 is 0.935 bits per heavy atom. The lowest BCUT2D eigenvalue weighted by Crippen LogP contribution is -2.40. The van der Waals surface area contributed by atoms with Crippen molar-refractivity contribution in [2.75, 3.05) is 19.1 Å². The van der Waals surface area contributed by atoms with Crippen molar-refractivity contribution in [3.05, 3.63) is 66.2 Å². The SMILES string of the molecule is COc1ccc(OC)c(C2=NO[C@]3(CC(=O)N(c4ccc5ccccc5c4)C3=O)C2)c1. The number of benzene rings is 3. The van der Waals surface area contributed by atoms with Crippen LogP contribution in [0.2, 0.25) is 0 Å². The van der Waals surface area contributed by atoms with Gasteiger partial charge in [-0.3, -0.25) is 9.59 Å². The van der Waals surface area contributed by atoms with Gasteiger partial charge in [0, 0.05) is 12.0 Å². The van der Waals surface area contributed by atoms with Crippen molar-refractivity contribution in [3.8, 4) is 11.5 Å². The van der Waals surface area contributed by atoms with Crippen LogP contribution >= 0.6 is 0 Å². The molecule has 0 radical (unpaired) electrons. The number of nitrogens with zero attached hydrogens (tertiary/aromatic N) is 2. The van der Waals surface area contributed by atoms with Gasteiger partial charge < -0.3 is 14.3 Å². The Labute approximate surface area is 178 Å². The summed E-state index contributed by atoms with van der Waals surface area (Å²) in [5.74, 6) is 0.497. The van der Waals surface area contributed by atoms with Gasteiger partial charge in [-0.25, -0.2) is 4.90 Å². The summed E-state index contributed by atoms with van der Waals surface area (Å²) in [6.45, 7) is 0. The largest absolute Gasteiger partial charge is 0.497 e. The fraction of sp³-hybridized carbons (Fsp3) is 0.208. The van der Waals surface area contributed by atoms with E-state index >= 15 is 0 Å². The smallest absolute Gasteiger partial charge is 0.281 e. The molecule has 1 saturated heterocycles. The number of hydrogen-bond donors (Lipinski definition) is 0. The van der Waals surface area contributed by atoms with Crippen LogP contribution in [0.25, 0.3) is 10.8 Å². The van der Waals surface area contributed by atoms with Crippen molar-refractivity contribution in [2.45, 2.75) is 18.4 Å². The molecule has 3 aromatic carbocycles. The number of anilines is 1. The van der Waals surface area contributed by atoms with Gasteiger partial charge in [-0.2, -0.15) is 0 Å². The van der Waals surface area contributed by atoms with E-state index in [9.17, 15) is 9.59 Å². The normalized spacial score (nSPS) is 20.3. The highest BCUT2D eigenvalue weighted by Crippen LogP contribution is 2.41. The van der Waals surface area contributed by atoms with Crippen LogP contribution in [-0.2, 0) is 14.4 Å². The maximum absolute atomic E-state index is 13.4. The number of oxime groups is 1. The molecule has 3 aromatic rings. The summed E-state index contributed by atoms with van der Waals surface area (Å²) in [5, 5.41) is 6.16. The molecule has 0 bridgehead atoms. The summed E-state index contributed by atoms with van der Waals surface area (Å²) >= 11 is 0. The maximum Gasteiger partial charge on any atom is 0.281 e. The monoisotopic (exact) mass is 416 g/mol. The number of amides is 2. The van der Waals surface area contributed by atoms with Gasteiger partial charge >= 0.3 is 0 Å². The van der Waals surface area contributed by atoms with Crippen molar-refractivity contribution < 1.29 is 23.9 Å². The summed E-state index contributed by atoms with van der Waals surface area (Å²) in [4.78, 5) is 33.1. The minimum atomic E-state index is -1.34. The number of carbonyl (C=O) groups excluding carboxylic acids is 2. The van der Waals surface area contributed by atoms with Crippen LogP contribution in [0.15, 0.2) is 65.8 Å². The zero-order valence-electron chi connectivity index (χ0n) is 17.1. The molecule has 2 aliphatic rings. The molecule has 0 N–H and O–H groups in total. The van der Waals surface area contributed by atoms with Gasteiger partial charge in [0.2, 0.25) is 11.5 Å². The van der Waals surface area contributed by atoms with Crippen LogP contribution in [-0.4, -0.2) is 37.3 Å². The molecule has 1 spiro atoms. The number of methoxy groups -OCH3 is 2. The first-order chi connectivity index (χ1) is 15.0. The van der Waals surface area contributed by atoms with Gasteiger partial charge in [-0.05, 0) is 41.1 Å². The van der Waals surface area contributed by atoms with Gasteiger partial charge in [0.1, 0.15) is 11.5 Å². The quantitative estimate of drug-likeness (QED) is 0.607. The number of fused-ring (bicyclic) bond motifs is 1. The Bertz CT molecular complexity index is 1250. The van der Waals surface area contributed by atoms with Crippen molar-refractivity contribution in [1.29, 1.82) is 0 Å². The first-order valence-electron chi connectivity index (χ1n) is 9.88. The van der Waals surface area contributed by atoms with E-state index in [4.69, 9.17) is 14.3 Å². The molecule has 0 unspecified atom stereocenters. The third kappa shape index (κ3) is 3.01. The highest BCUT2D eigenvalue weighted by molar-refractivity contribution is 6.26. The fourth-order valence-corrected chi connectivity index (χ4v) is 4.16. The molecule has 31 heavy (non-hydrogen) atoms. The Kier molecular flexibility index (Phi) is 4.39. The third-order valence-electron chi connectivity index (χ3n) is 5.77. The second-order valence-electron chi connectivity index (χ2n) is 7.61. The van der Waals surface area contributed by atoms with E-state index < -0.39 is 11.5 Å². The molecule has 7 nitrogen and oxygen atoms in total. The Morgan fingerprint density at radius 3 is 2.52 bits per heavy atom. The maximum atomic E-state index is 13.4. The van der Waals surface area contributed by atoms with Crippen LogP contribution < -0.4 is 14.4 Å². The minimum Gasteiger partial charge on any atom is -0.497 e. The highest BCUT2D eigenvalue weighted by atomic mass is 16.7. The van der Waals surface area contributed by atoms with Gasteiger partial charge in [-0.15, -0.1) is 0 Å². The van der Waals surface area contributed by atoms with Crippen molar-refractivity contribution in [1.82, 2.24) is 0 Å². The van der Waals surface area contributed by atoms with Gasteiger partial charge in [-0.1, -0.05) is 35.5 Å². The summed E-state index contributed by atoms with van der Waals surface area (Å²) < 4.78 is 10.7. The molecule has 7 heteroatoms. The molecule has 1 atom stereocenters. The van der Waals surface area contributed by atoms with Crippen LogP contribution in [0.3, 0.4) is 0 Å². The summed E-state index contributed by atoms with van der Waals surface area (Å²) in [6.07, 6.45) is 0.100. The Morgan fingerprint density at radius 2 is 1.74 bits per heavy atom. The molecule has 0 aromatic heterocycles. The Balaban J connectivity index is 1.46. The van der Waals surface area contributed by atoms with Crippen molar-refractivity contribution >= 4 is 34.0 Å². The zero-order chi connectivity index (χ0) is 21.6. The summed E-state index contributed by atoms with van der Waals surface area (Å²) in [5.41, 5.74) is 0.397. The predicted molar refractivity (Wildman–Crippen MR) is 116 cm³/mol. The molecule has 1 fully saturated rings. The van der Waals surface area contributed by atoms with Crippen molar-refractivity contribution in [2.24, 2.45) is 5.16 Å². The van der Waals surface area contributed by atoms with Crippen molar-refractivity contribution in [3.63, 3.8) is 0 Å². The van der Waals surface area contributed by atoms with E-state index in [0.29, 0.717) is 28.5 Å². The van der Waals surface area contributed by atoms with Crippen LogP contribution in [0.1, 0.15) is 18.4 Å². The lowest BCUT2D eigenvalue weighted by atomic mass is 9.92. The summed E-state index contributed by atoms with van der Waals surface area (Å²) in [6, 6.07) is 18.6. The average Bonchev–Trinajstić information content (AvgIpc) is 3.33. The zero-order valence-corrected chi connectivity index (χ0v) is 17.1. The predicted octanol–water partition coefficient (Wildman–Crippen LogP) is 3.68. The second kappa shape index (κ2) is 7.12. The lowest BCUT2D eigenvalue weighted by molar-refractivity contribution is -0.136. The number of carbonyl (C=O) groups is 2. The fourth-order valence-electron chi connectivity index (χ4n) is 4.16. The van der Waals surface area contributed by atoms with E-state index in [1.165, 1.54) is 4.90 Å². The number of imide groups is 1. The molecular formula is C24H20N2O5. The van der Waals surface area contributed by atoms with E-state index in [1.807, 2.05) is 36.4 Å². The Hall–Kier alpha value is -3.87. The molecular weight excluding hydrogens is 396 g/mol. The number of ether oxygens (including phenoxy) is 2. The van der Waals surface area contributed by atoms with E-state index in [-0.39, 0.29) is 18.7 Å². The topological polar surface area (TPSA) is 77.4 Å². The molecule has 2 amide bonds. The molecule has 0 aliphatic carbocycles. The van der Waals surface area contributed by atoms with E-state index in [0.717, 1.165) is 10.8 Å². The lowest BCUT2D eigenvalue weighted by Gasteiger charge is -2.20. The van der Waals surface area contributed by atoms with Gasteiger partial charge in [0.05, 0.1) is 32.0 Å². The van der Waals surface area contributed by atoms with E-state index in [1.54, 1.807) is 38.5 Å². The molecule has 5 rings (SSSR count). The minimum absolute atomic E-state index is 0.0715. The highest BCUT2D eigenvalue weighted by Gasteiger charge is 2.58. The van der Waals surface area contributed by atoms with Crippen LogP contribution in [0.4, 0.5) is 5.69 Å². The molecule has 2 aliphatic heterocycles. The molecule has 156 valence electrons. The average molecular weight is 416 g/mol. The number of rotatable bonds is 4. The third-order valence-corrected chi connectivity index (χ3v) is 5.77. The van der Waals surface area contributed by atoms with Gasteiger partial charge in [0.25, 0.3) is 5.91 Å². The van der Waals surface area contributed by atoms with Crippen LogP contribution in [0.5, 0.6) is 11.5 Å². The number of hydrogen-bond acceptors (Lipinski definition) is 6.